The lowest BCUT2D eigenvalue weighted by Gasteiger charge is -2.24. The van der Waals surface area contributed by atoms with Crippen LogP contribution < -0.4 is 0 Å². The van der Waals surface area contributed by atoms with Crippen molar-refractivity contribution in [3.8, 4) is 0 Å². The minimum absolute atomic E-state index is 0.275. The van der Waals surface area contributed by atoms with Crippen molar-refractivity contribution in [2.75, 3.05) is 6.61 Å². The van der Waals surface area contributed by atoms with Gasteiger partial charge in [-0.3, -0.25) is 0 Å². The number of fused-ring (bicyclic) bond motifs is 2. The van der Waals surface area contributed by atoms with Gasteiger partial charge >= 0.3 is 0 Å². The molecule has 0 aromatic rings. The van der Waals surface area contributed by atoms with Gasteiger partial charge in [0.15, 0.2) is 0 Å². The Morgan fingerprint density at radius 1 is 0.842 bits per heavy atom. The van der Waals surface area contributed by atoms with Gasteiger partial charge in [0, 0.05) is 6.61 Å². The molecule has 4 atom stereocenters. The molecule has 2 fully saturated rings. The Balaban J connectivity index is 1.39. The van der Waals surface area contributed by atoms with Crippen LogP contribution in [0.5, 0.6) is 0 Å². The minimum Gasteiger partial charge on any atom is -0.378 e. The van der Waals surface area contributed by atoms with Crippen LogP contribution in [0.2, 0.25) is 0 Å². The molecule has 0 aromatic carbocycles. The van der Waals surface area contributed by atoms with Crippen LogP contribution in [0.3, 0.4) is 0 Å². The molecular weight excluding hydrogens is 236 g/mol. The van der Waals surface area contributed by atoms with E-state index in [1.807, 2.05) is 0 Å². The van der Waals surface area contributed by atoms with Gasteiger partial charge in [-0.25, -0.2) is 5.11 Å². The van der Waals surface area contributed by atoms with E-state index in [0.717, 1.165) is 32.3 Å². The van der Waals surface area contributed by atoms with Crippen LogP contribution in [-0.4, -0.2) is 18.8 Å². The lowest BCUT2D eigenvalue weighted by molar-refractivity contribution is -0.0317. The lowest BCUT2D eigenvalue weighted by atomic mass is 9.95. The summed E-state index contributed by atoms with van der Waals surface area (Å²) in [7, 11) is 0. The van der Waals surface area contributed by atoms with Gasteiger partial charge in [-0.05, 0) is 37.5 Å². The summed E-state index contributed by atoms with van der Waals surface area (Å²) in [6.07, 6.45) is 13.5. The first kappa shape index (κ1) is 15.3. The van der Waals surface area contributed by atoms with Crippen LogP contribution in [0.15, 0.2) is 0 Å². The van der Waals surface area contributed by atoms with E-state index in [1.165, 1.54) is 44.9 Å². The Bertz CT molecular complexity index is 239. The molecule has 2 saturated carbocycles. The van der Waals surface area contributed by atoms with E-state index >= 15 is 0 Å². The second-order valence-corrected chi connectivity index (χ2v) is 6.50. The second-order valence-electron chi connectivity index (χ2n) is 6.50. The topological polar surface area (TPSA) is 29.1 Å². The molecule has 2 bridgehead atoms. The summed E-state index contributed by atoms with van der Waals surface area (Å²) in [6.45, 7) is 4.78. The first-order chi connectivity index (χ1) is 9.31. The van der Waals surface area contributed by atoms with E-state index in [2.05, 4.69) is 6.92 Å². The molecule has 2 nitrogen and oxygen atoms in total. The number of hydrogen-bond acceptors (Lipinski definition) is 1. The normalized spacial score (nSPS) is 33.2. The highest BCUT2D eigenvalue weighted by atomic mass is 16.5. The minimum atomic E-state index is -0.275. The van der Waals surface area contributed by atoms with Crippen molar-refractivity contribution < 1.29 is 9.84 Å². The zero-order chi connectivity index (χ0) is 13.5. The smallest absolute Gasteiger partial charge is 0.0962 e. The van der Waals surface area contributed by atoms with Crippen molar-refractivity contribution >= 4 is 0 Å². The molecule has 2 heteroatoms. The van der Waals surface area contributed by atoms with Gasteiger partial charge in [-0.15, -0.1) is 0 Å². The Kier molecular flexibility index (Phi) is 6.66. The molecule has 2 aliphatic carbocycles. The first-order valence-corrected chi connectivity index (χ1v) is 8.38. The number of hydrogen-bond donors (Lipinski definition) is 0. The molecule has 0 heterocycles. The monoisotopic (exact) mass is 266 g/mol. The summed E-state index contributed by atoms with van der Waals surface area (Å²) in [6, 6.07) is 0. The molecule has 0 amide bonds. The van der Waals surface area contributed by atoms with Crippen molar-refractivity contribution in [1.29, 1.82) is 0 Å². The summed E-state index contributed by atoms with van der Waals surface area (Å²) in [5.41, 5.74) is 0. The van der Waals surface area contributed by atoms with Gasteiger partial charge < -0.3 is 4.74 Å². The van der Waals surface area contributed by atoms with Gasteiger partial charge in [-0.2, -0.15) is 0 Å². The maximum Gasteiger partial charge on any atom is 0.0962 e. The van der Waals surface area contributed by atoms with Gasteiger partial charge in [0.1, 0.15) is 0 Å². The molecule has 2 aliphatic rings. The van der Waals surface area contributed by atoms with Crippen molar-refractivity contribution in [3.63, 3.8) is 0 Å². The summed E-state index contributed by atoms with van der Waals surface area (Å²) in [5.74, 6) is 1.03. The fourth-order valence-electron chi connectivity index (χ4n) is 3.77. The van der Waals surface area contributed by atoms with E-state index in [0.29, 0.717) is 17.9 Å². The van der Waals surface area contributed by atoms with Gasteiger partial charge in [0.2, 0.25) is 0 Å². The van der Waals surface area contributed by atoms with E-state index in [1.54, 1.807) is 0 Å². The molecule has 110 valence electrons. The lowest BCUT2D eigenvalue weighted by Crippen LogP contribution is -2.27. The molecule has 0 N–H and O–H groups in total. The zero-order valence-electron chi connectivity index (χ0n) is 12.3. The molecule has 0 spiro atoms. The van der Waals surface area contributed by atoms with E-state index in [9.17, 15) is 5.11 Å². The standard InChI is InChI=1S/C17H30O2/c1-2-3-4-5-6-7-8-9-10-19-17-13-14-11-15(17)12-16(14)18/h14-17H,1-13H2. The van der Waals surface area contributed by atoms with Gasteiger partial charge in [0.05, 0.1) is 12.2 Å². The maximum atomic E-state index is 11.5. The quantitative estimate of drug-likeness (QED) is 0.533. The van der Waals surface area contributed by atoms with Crippen molar-refractivity contribution in [2.45, 2.75) is 82.8 Å². The summed E-state index contributed by atoms with van der Waals surface area (Å²) in [5, 5.41) is 11.5. The molecule has 0 aliphatic heterocycles. The fraction of sp³-hybridized carbons (Fsp3) is 0.941. The van der Waals surface area contributed by atoms with Crippen LogP contribution in [0.25, 0.3) is 0 Å². The third-order valence-electron chi connectivity index (χ3n) is 4.95. The largest absolute Gasteiger partial charge is 0.378 e. The first-order valence-electron chi connectivity index (χ1n) is 8.38. The molecule has 4 unspecified atom stereocenters. The number of ether oxygens (including phenoxy) is 1. The zero-order valence-corrected chi connectivity index (χ0v) is 12.3. The van der Waals surface area contributed by atoms with Crippen molar-refractivity contribution in [2.24, 2.45) is 11.8 Å². The Hall–Kier alpha value is -0.0800. The van der Waals surface area contributed by atoms with E-state index in [4.69, 9.17) is 4.74 Å². The van der Waals surface area contributed by atoms with Crippen LogP contribution in [0, 0.1) is 18.8 Å². The highest BCUT2D eigenvalue weighted by Crippen LogP contribution is 2.46. The van der Waals surface area contributed by atoms with E-state index < -0.39 is 0 Å². The van der Waals surface area contributed by atoms with E-state index in [-0.39, 0.29) is 6.10 Å². The fourth-order valence-corrected chi connectivity index (χ4v) is 3.77. The summed E-state index contributed by atoms with van der Waals surface area (Å²) >= 11 is 0. The molecule has 0 saturated heterocycles. The predicted octanol–water partition coefficient (Wildman–Crippen LogP) is 4.56. The summed E-state index contributed by atoms with van der Waals surface area (Å²) < 4.78 is 5.98. The molecule has 19 heavy (non-hydrogen) atoms. The highest BCUT2D eigenvalue weighted by molar-refractivity contribution is 4.95. The maximum absolute atomic E-state index is 11.5. The predicted molar refractivity (Wildman–Crippen MR) is 77.3 cm³/mol. The van der Waals surface area contributed by atoms with Gasteiger partial charge in [-0.1, -0.05) is 51.9 Å². The highest BCUT2D eigenvalue weighted by Gasteiger charge is 2.46. The Morgan fingerprint density at radius 2 is 1.53 bits per heavy atom. The second kappa shape index (κ2) is 8.26. The van der Waals surface area contributed by atoms with Crippen LogP contribution in [-0.2, 0) is 9.84 Å². The molecular formula is C17H30O2. The molecule has 0 aromatic heterocycles. The number of rotatable bonds is 10. The molecule has 2 rings (SSSR count). The van der Waals surface area contributed by atoms with Crippen molar-refractivity contribution in [3.05, 3.63) is 6.92 Å². The molecule has 2 radical (unpaired) electrons. The SMILES string of the molecule is [CH2]CCCCCCCCCOC1CC2CC1CC2[O]. The Labute approximate surface area is 118 Å². The third kappa shape index (κ3) is 4.75. The summed E-state index contributed by atoms with van der Waals surface area (Å²) in [4.78, 5) is 0. The van der Waals surface area contributed by atoms with Crippen LogP contribution in [0.1, 0.15) is 70.6 Å². The van der Waals surface area contributed by atoms with Crippen LogP contribution >= 0.6 is 0 Å². The average molecular weight is 266 g/mol. The third-order valence-corrected chi connectivity index (χ3v) is 4.95. The number of unbranched alkanes of at least 4 members (excludes halogenated alkanes) is 7. The Morgan fingerprint density at radius 3 is 2.11 bits per heavy atom. The average Bonchev–Trinajstić information content (AvgIpc) is 2.95. The van der Waals surface area contributed by atoms with Crippen molar-refractivity contribution in [1.82, 2.24) is 0 Å². The van der Waals surface area contributed by atoms with Crippen LogP contribution in [0.4, 0.5) is 0 Å². The van der Waals surface area contributed by atoms with Gasteiger partial charge in [0.25, 0.3) is 0 Å².